The van der Waals surface area contributed by atoms with Gasteiger partial charge in [-0.05, 0) is 49.4 Å². The molecule has 1 N–H and O–H groups in total. The number of benzene rings is 1. The largest absolute Gasteiger partial charge is 0.351 e. The Morgan fingerprint density at radius 2 is 1.89 bits per heavy atom. The van der Waals surface area contributed by atoms with Gasteiger partial charge in [0.2, 0.25) is 5.91 Å². The Bertz CT molecular complexity index is 1200. The maximum Gasteiger partial charge on any atom is 0.273 e. The summed E-state index contributed by atoms with van der Waals surface area (Å²) in [5, 5.41) is 8.03. The predicted octanol–water partition coefficient (Wildman–Crippen LogP) is 4.37. The molecule has 35 heavy (non-hydrogen) atoms. The number of pyridine rings is 1. The van der Waals surface area contributed by atoms with E-state index in [0.717, 1.165) is 48.9 Å². The van der Waals surface area contributed by atoms with E-state index in [2.05, 4.69) is 29.4 Å². The number of nitrogens with zero attached hydrogens (tertiary/aromatic N) is 4. The molecule has 5 rings (SSSR count). The lowest BCUT2D eigenvalue weighted by Crippen LogP contribution is -2.64. The first-order chi connectivity index (χ1) is 17.0. The fourth-order valence-electron chi connectivity index (χ4n) is 5.20. The van der Waals surface area contributed by atoms with Crippen LogP contribution in [0.2, 0.25) is 0 Å². The Morgan fingerprint density at radius 3 is 2.57 bits per heavy atom. The topological polar surface area (TPSA) is 80.1 Å². The van der Waals surface area contributed by atoms with Gasteiger partial charge in [0.1, 0.15) is 11.2 Å². The highest BCUT2D eigenvalue weighted by molar-refractivity contribution is 6.00. The molecule has 3 aromatic rings. The van der Waals surface area contributed by atoms with Gasteiger partial charge in [0.05, 0.1) is 12.2 Å². The normalized spacial score (nSPS) is 20.5. The highest BCUT2D eigenvalue weighted by atomic mass is 16.2. The number of carbonyl (C=O) groups is 2. The van der Waals surface area contributed by atoms with Crippen LogP contribution >= 0.6 is 0 Å². The molecule has 0 bridgehead atoms. The van der Waals surface area contributed by atoms with Gasteiger partial charge < -0.3 is 10.2 Å². The van der Waals surface area contributed by atoms with Gasteiger partial charge in [0, 0.05) is 30.5 Å². The number of rotatable bonds is 6. The van der Waals surface area contributed by atoms with E-state index in [1.165, 1.54) is 12.0 Å². The molecule has 3 heterocycles. The number of aromatic nitrogens is 3. The average Bonchev–Trinajstić information content (AvgIpc) is 3.31. The fraction of sp³-hybridized carbons (Fsp3) is 0.429. The van der Waals surface area contributed by atoms with Gasteiger partial charge in [-0.1, -0.05) is 56.5 Å². The third-order valence-corrected chi connectivity index (χ3v) is 7.45. The number of hydrogen-bond donors (Lipinski definition) is 1. The number of nitrogens with one attached hydrogen (secondary N) is 1. The van der Waals surface area contributed by atoms with Crippen molar-refractivity contribution in [2.24, 2.45) is 0 Å². The highest BCUT2D eigenvalue weighted by Gasteiger charge is 2.48. The summed E-state index contributed by atoms with van der Waals surface area (Å²) in [6.45, 7) is 4.60. The van der Waals surface area contributed by atoms with E-state index in [-0.39, 0.29) is 17.9 Å². The van der Waals surface area contributed by atoms with Gasteiger partial charge >= 0.3 is 0 Å². The molecule has 1 aliphatic heterocycles. The Morgan fingerprint density at radius 1 is 1.11 bits per heavy atom. The standard InChI is InChI=1S/C28H33N5O2/c1-3-20-11-13-22(14-12-20)24-16-25-26(34)32(18-21-8-7-15-29-17-21)28(2,19-33(25)31-24)27(35)30-23-9-5-4-6-10-23/h7-8,11-17,23H,3-6,9-10,18-19H2,1-2H3,(H,30,35). The quantitative estimate of drug-likeness (QED) is 0.579. The summed E-state index contributed by atoms with van der Waals surface area (Å²) in [5.41, 5.74) is 3.29. The van der Waals surface area contributed by atoms with Crippen LogP contribution in [0.3, 0.4) is 0 Å². The summed E-state index contributed by atoms with van der Waals surface area (Å²) in [5.74, 6) is -0.304. The Kier molecular flexibility index (Phi) is 6.41. The molecule has 1 aliphatic carbocycles. The van der Waals surface area contributed by atoms with Crippen molar-refractivity contribution in [2.45, 2.75) is 77.0 Å². The minimum absolute atomic E-state index is 0.114. The second-order valence-electron chi connectivity index (χ2n) is 9.96. The van der Waals surface area contributed by atoms with Crippen molar-refractivity contribution in [1.82, 2.24) is 25.0 Å². The minimum Gasteiger partial charge on any atom is -0.351 e. The Balaban J connectivity index is 1.49. The van der Waals surface area contributed by atoms with Crippen LogP contribution in [-0.2, 0) is 24.3 Å². The first kappa shape index (κ1) is 23.3. The lowest BCUT2D eigenvalue weighted by atomic mass is 9.91. The van der Waals surface area contributed by atoms with Crippen molar-refractivity contribution in [3.63, 3.8) is 0 Å². The van der Waals surface area contributed by atoms with E-state index in [1.54, 1.807) is 22.0 Å². The van der Waals surface area contributed by atoms with Gasteiger partial charge in [-0.15, -0.1) is 0 Å². The molecule has 1 saturated carbocycles. The van der Waals surface area contributed by atoms with Crippen LogP contribution in [0.15, 0.2) is 54.9 Å². The summed E-state index contributed by atoms with van der Waals surface area (Å²) < 4.78 is 1.71. The number of carbonyl (C=O) groups excluding carboxylic acids is 2. The second kappa shape index (κ2) is 9.64. The van der Waals surface area contributed by atoms with E-state index in [4.69, 9.17) is 5.10 Å². The molecule has 2 amide bonds. The molecule has 0 radical (unpaired) electrons. The van der Waals surface area contributed by atoms with Crippen LogP contribution in [0.4, 0.5) is 0 Å². The summed E-state index contributed by atoms with van der Waals surface area (Å²) in [4.78, 5) is 33.5. The molecule has 0 saturated heterocycles. The lowest BCUT2D eigenvalue weighted by Gasteiger charge is -2.44. The number of fused-ring (bicyclic) bond motifs is 1. The van der Waals surface area contributed by atoms with Crippen molar-refractivity contribution < 1.29 is 9.59 Å². The molecule has 7 nitrogen and oxygen atoms in total. The zero-order valence-electron chi connectivity index (χ0n) is 20.5. The molecule has 7 heteroatoms. The van der Waals surface area contributed by atoms with Crippen molar-refractivity contribution in [3.05, 3.63) is 71.7 Å². The van der Waals surface area contributed by atoms with Crippen LogP contribution in [0, 0.1) is 0 Å². The van der Waals surface area contributed by atoms with Crippen molar-refractivity contribution in [3.8, 4) is 11.3 Å². The summed E-state index contributed by atoms with van der Waals surface area (Å²) in [7, 11) is 0. The number of hydrogen-bond acceptors (Lipinski definition) is 4. The second-order valence-corrected chi connectivity index (χ2v) is 9.96. The van der Waals surface area contributed by atoms with E-state index in [9.17, 15) is 9.59 Å². The van der Waals surface area contributed by atoms with E-state index in [1.807, 2.05) is 37.3 Å². The van der Waals surface area contributed by atoms with Crippen molar-refractivity contribution >= 4 is 11.8 Å². The van der Waals surface area contributed by atoms with Gasteiger partial charge in [-0.25, -0.2) is 0 Å². The zero-order chi connectivity index (χ0) is 24.4. The Labute approximate surface area is 206 Å². The van der Waals surface area contributed by atoms with E-state index >= 15 is 0 Å². The van der Waals surface area contributed by atoms with Gasteiger partial charge in [-0.2, -0.15) is 5.10 Å². The fourth-order valence-corrected chi connectivity index (χ4v) is 5.20. The van der Waals surface area contributed by atoms with Gasteiger partial charge in [-0.3, -0.25) is 19.3 Å². The Hall–Kier alpha value is -3.48. The van der Waals surface area contributed by atoms with Crippen molar-refractivity contribution in [2.75, 3.05) is 0 Å². The molecule has 1 unspecified atom stereocenters. The molecule has 1 fully saturated rings. The van der Waals surface area contributed by atoms with Gasteiger partial charge in [0.25, 0.3) is 5.91 Å². The molecule has 1 atom stereocenters. The maximum absolute atomic E-state index is 13.8. The molecular weight excluding hydrogens is 438 g/mol. The summed E-state index contributed by atoms with van der Waals surface area (Å²) >= 11 is 0. The first-order valence-corrected chi connectivity index (χ1v) is 12.7. The SMILES string of the molecule is CCc1ccc(-c2cc3n(n2)CC(C)(C(=O)NC2CCCCC2)N(Cc2cccnc2)C3=O)cc1. The smallest absolute Gasteiger partial charge is 0.273 e. The lowest BCUT2D eigenvalue weighted by molar-refractivity contribution is -0.134. The predicted molar refractivity (Wildman–Crippen MR) is 135 cm³/mol. The third-order valence-electron chi connectivity index (χ3n) is 7.45. The number of aryl methyl sites for hydroxylation is 1. The first-order valence-electron chi connectivity index (χ1n) is 12.7. The molecule has 1 aromatic carbocycles. The van der Waals surface area contributed by atoms with E-state index in [0.29, 0.717) is 18.8 Å². The van der Waals surface area contributed by atoms with Crippen LogP contribution in [0.5, 0.6) is 0 Å². The monoisotopic (exact) mass is 471 g/mol. The van der Waals surface area contributed by atoms with Crippen LogP contribution in [0.1, 0.15) is 67.6 Å². The molecule has 2 aromatic heterocycles. The van der Waals surface area contributed by atoms with E-state index < -0.39 is 5.54 Å². The molecule has 182 valence electrons. The van der Waals surface area contributed by atoms with Crippen molar-refractivity contribution in [1.29, 1.82) is 0 Å². The number of amides is 2. The highest BCUT2D eigenvalue weighted by Crippen LogP contribution is 2.32. The van der Waals surface area contributed by atoms with Crippen LogP contribution < -0.4 is 5.32 Å². The molecule has 0 spiro atoms. The van der Waals surface area contributed by atoms with Crippen LogP contribution in [-0.4, -0.2) is 43.1 Å². The molecular formula is C28H33N5O2. The minimum atomic E-state index is -1.06. The molecule has 2 aliphatic rings. The third kappa shape index (κ3) is 4.59. The summed E-state index contributed by atoms with van der Waals surface area (Å²) in [6, 6.07) is 14.1. The summed E-state index contributed by atoms with van der Waals surface area (Å²) in [6.07, 6.45) is 9.88. The maximum atomic E-state index is 13.8. The van der Waals surface area contributed by atoms with Gasteiger partial charge in [0.15, 0.2) is 0 Å². The average molecular weight is 472 g/mol. The van der Waals surface area contributed by atoms with Crippen LogP contribution in [0.25, 0.3) is 11.3 Å². The zero-order valence-corrected chi connectivity index (χ0v) is 20.5.